The van der Waals surface area contributed by atoms with E-state index in [-0.39, 0.29) is 29.7 Å². The van der Waals surface area contributed by atoms with E-state index in [2.05, 4.69) is 15.7 Å². The second-order valence-electron chi connectivity index (χ2n) is 13.9. The topological polar surface area (TPSA) is 109 Å². The standard InChI is InChI=1S/C36H46N6O4/c1-23-20-26(34(44)41-22-27-21-38-40(5)33(27)39-29-8-6-7-9-30(29)41)11-10-24(23)12-15-31(43)32(25-16-18-37-19-17-25)42(28-13-14-28)35(45)46-36(2,3)4/h6-11,20-21,25,28,32,37,39H,12-19,22H2,1-5H3. The van der Waals surface area contributed by atoms with Gasteiger partial charge in [-0.1, -0.05) is 18.2 Å². The molecule has 46 heavy (non-hydrogen) atoms. The van der Waals surface area contributed by atoms with Crippen molar-refractivity contribution < 1.29 is 19.1 Å². The van der Waals surface area contributed by atoms with E-state index in [4.69, 9.17) is 4.74 Å². The van der Waals surface area contributed by atoms with Crippen LogP contribution in [0.1, 0.15) is 79.9 Å². The number of nitrogens with zero attached hydrogens (tertiary/aromatic N) is 4. The van der Waals surface area contributed by atoms with E-state index in [0.717, 1.165) is 72.7 Å². The molecule has 6 rings (SSSR count). The zero-order valence-electron chi connectivity index (χ0n) is 27.6. The number of anilines is 3. The number of carbonyl (C=O) groups is 3. The Kier molecular flexibility index (Phi) is 8.92. The molecule has 0 radical (unpaired) electrons. The Morgan fingerprint density at radius 1 is 1.07 bits per heavy atom. The minimum absolute atomic E-state index is 0.0628. The molecule has 1 saturated carbocycles. The van der Waals surface area contributed by atoms with Gasteiger partial charge in [0.25, 0.3) is 5.91 Å². The van der Waals surface area contributed by atoms with Crippen molar-refractivity contribution in [1.82, 2.24) is 20.0 Å². The number of nitrogens with one attached hydrogen (secondary N) is 2. The van der Waals surface area contributed by atoms with Crippen LogP contribution in [0.5, 0.6) is 0 Å². The summed E-state index contributed by atoms with van der Waals surface area (Å²) in [6, 6.07) is 13.1. The van der Waals surface area contributed by atoms with Gasteiger partial charge >= 0.3 is 6.09 Å². The molecule has 3 heterocycles. The number of ketones is 1. The highest BCUT2D eigenvalue weighted by molar-refractivity contribution is 6.08. The average molecular weight is 627 g/mol. The Labute approximate surface area is 271 Å². The van der Waals surface area contributed by atoms with Crippen LogP contribution in [-0.2, 0) is 29.5 Å². The van der Waals surface area contributed by atoms with Gasteiger partial charge in [0.2, 0.25) is 0 Å². The Hall–Kier alpha value is -4.18. The van der Waals surface area contributed by atoms with Gasteiger partial charge in [-0.3, -0.25) is 19.2 Å². The van der Waals surface area contributed by atoms with Gasteiger partial charge in [0.15, 0.2) is 5.78 Å². The summed E-state index contributed by atoms with van der Waals surface area (Å²) >= 11 is 0. The van der Waals surface area contributed by atoms with Gasteiger partial charge in [-0.05, 0) is 114 Å². The Morgan fingerprint density at radius 3 is 2.50 bits per heavy atom. The molecule has 1 atom stereocenters. The molecule has 1 saturated heterocycles. The molecule has 10 heteroatoms. The maximum atomic E-state index is 14.1. The summed E-state index contributed by atoms with van der Waals surface area (Å²) in [6.07, 6.45) is 5.80. The van der Waals surface area contributed by atoms with Gasteiger partial charge < -0.3 is 20.3 Å². The molecule has 2 aliphatic heterocycles. The summed E-state index contributed by atoms with van der Waals surface area (Å²) in [5, 5.41) is 11.2. The van der Waals surface area contributed by atoms with Crippen LogP contribution >= 0.6 is 0 Å². The normalized spacial score (nSPS) is 17.3. The number of hydrogen-bond donors (Lipinski definition) is 2. The first-order chi connectivity index (χ1) is 22.0. The second kappa shape index (κ2) is 12.9. The number of piperidine rings is 1. The molecule has 244 valence electrons. The molecule has 3 aromatic rings. The number of para-hydroxylation sites is 2. The molecule has 2 fully saturated rings. The quantitative estimate of drug-likeness (QED) is 0.320. The van der Waals surface area contributed by atoms with Crippen LogP contribution in [0.25, 0.3) is 0 Å². The number of hydrogen-bond acceptors (Lipinski definition) is 7. The first-order valence-electron chi connectivity index (χ1n) is 16.5. The summed E-state index contributed by atoms with van der Waals surface area (Å²) in [6.45, 7) is 9.68. The summed E-state index contributed by atoms with van der Waals surface area (Å²) in [7, 11) is 1.88. The number of ether oxygens (including phenoxy) is 1. The number of benzene rings is 2. The van der Waals surface area contributed by atoms with Crippen molar-refractivity contribution in [2.75, 3.05) is 23.3 Å². The van der Waals surface area contributed by atoms with E-state index in [0.29, 0.717) is 24.9 Å². The molecule has 2 N–H and O–H groups in total. The summed E-state index contributed by atoms with van der Waals surface area (Å²) < 4.78 is 7.60. The Morgan fingerprint density at radius 2 is 1.80 bits per heavy atom. The van der Waals surface area contributed by atoms with E-state index >= 15 is 0 Å². The second-order valence-corrected chi connectivity index (χ2v) is 13.9. The molecule has 0 bridgehead atoms. The fraction of sp³-hybridized carbons (Fsp3) is 0.500. The lowest BCUT2D eigenvalue weighted by Crippen LogP contribution is -2.53. The minimum atomic E-state index is -0.631. The van der Waals surface area contributed by atoms with Crippen LogP contribution in [0.4, 0.5) is 22.0 Å². The zero-order valence-corrected chi connectivity index (χ0v) is 27.6. The number of rotatable bonds is 8. The highest BCUT2D eigenvalue weighted by atomic mass is 16.6. The fourth-order valence-electron chi connectivity index (χ4n) is 6.77. The van der Waals surface area contributed by atoms with E-state index in [1.54, 1.807) is 20.7 Å². The monoisotopic (exact) mass is 626 g/mol. The molecule has 2 amide bonds. The third-order valence-electron chi connectivity index (χ3n) is 9.27. The van der Waals surface area contributed by atoms with Crippen LogP contribution in [-0.4, -0.2) is 63.2 Å². The Bertz CT molecular complexity index is 1610. The lowest BCUT2D eigenvalue weighted by Gasteiger charge is -2.39. The van der Waals surface area contributed by atoms with Crippen LogP contribution < -0.4 is 15.5 Å². The van der Waals surface area contributed by atoms with Gasteiger partial charge in [0.05, 0.1) is 30.2 Å². The zero-order chi connectivity index (χ0) is 32.6. The van der Waals surface area contributed by atoms with Crippen LogP contribution in [0.3, 0.4) is 0 Å². The lowest BCUT2D eigenvalue weighted by molar-refractivity contribution is -0.127. The number of amides is 2. The predicted molar refractivity (Wildman–Crippen MR) is 178 cm³/mol. The van der Waals surface area contributed by atoms with Crippen molar-refractivity contribution in [1.29, 1.82) is 0 Å². The molecular formula is C36H46N6O4. The number of carbonyl (C=O) groups excluding carboxylic acids is 3. The van der Waals surface area contributed by atoms with Gasteiger partial charge in [-0.15, -0.1) is 0 Å². The predicted octanol–water partition coefficient (Wildman–Crippen LogP) is 5.90. The molecule has 2 aromatic carbocycles. The van der Waals surface area contributed by atoms with E-state index < -0.39 is 11.6 Å². The molecule has 1 aromatic heterocycles. The van der Waals surface area contributed by atoms with Gasteiger partial charge in [-0.25, -0.2) is 4.79 Å². The third kappa shape index (κ3) is 6.82. The van der Waals surface area contributed by atoms with E-state index in [1.807, 2.05) is 77.2 Å². The van der Waals surface area contributed by atoms with Crippen LogP contribution in [0.15, 0.2) is 48.7 Å². The SMILES string of the molecule is Cc1cc(C(=O)N2Cc3cnn(C)c3Nc3ccccc32)ccc1CCC(=O)C(C1CCNCC1)N(C(=O)OC(C)(C)C)C1CC1. The number of aromatic nitrogens is 2. The van der Waals surface area contributed by atoms with Crippen molar-refractivity contribution in [3.8, 4) is 0 Å². The largest absolute Gasteiger partial charge is 0.444 e. The molecule has 1 unspecified atom stereocenters. The summed E-state index contributed by atoms with van der Waals surface area (Å²) in [5.41, 5.74) is 4.54. The van der Waals surface area contributed by atoms with E-state index in [9.17, 15) is 14.4 Å². The van der Waals surface area contributed by atoms with Crippen molar-refractivity contribution in [2.24, 2.45) is 13.0 Å². The summed E-state index contributed by atoms with van der Waals surface area (Å²) in [5.74, 6) is 0.966. The minimum Gasteiger partial charge on any atom is -0.444 e. The van der Waals surface area contributed by atoms with Crippen LogP contribution in [0, 0.1) is 12.8 Å². The summed E-state index contributed by atoms with van der Waals surface area (Å²) in [4.78, 5) is 45.1. The van der Waals surface area contributed by atoms with Crippen molar-refractivity contribution in [2.45, 2.75) is 90.4 Å². The van der Waals surface area contributed by atoms with Gasteiger partial charge in [-0.2, -0.15) is 5.10 Å². The molecule has 3 aliphatic rings. The van der Waals surface area contributed by atoms with Crippen LogP contribution in [0.2, 0.25) is 0 Å². The maximum absolute atomic E-state index is 14.1. The number of aryl methyl sites for hydroxylation is 3. The van der Waals surface area contributed by atoms with Gasteiger partial charge in [0.1, 0.15) is 11.4 Å². The first-order valence-corrected chi connectivity index (χ1v) is 16.5. The fourth-order valence-corrected chi connectivity index (χ4v) is 6.77. The smallest absolute Gasteiger partial charge is 0.411 e. The highest BCUT2D eigenvalue weighted by Gasteiger charge is 2.45. The Balaban J connectivity index is 1.20. The first kappa shape index (κ1) is 31.8. The number of Topliss-reactive ketones (excluding diaryl/α,β-unsaturated/α-hetero) is 1. The van der Waals surface area contributed by atoms with Crippen molar-refractivity contribution in [3.63, 3.8) is 0 Å². The maximum Gasteiger partial charge on any atom is 0.411 e. The average Bonchev–Trinajstić information content (AvgIpc) is 3.83. The lowest BCUT2D eigenvalue weighted by atomic mass is 9.84. The van der Waals surface area contributed by atoms with Crippen molar-refractivity contribution >= 4 is 35.0 Å². The van der Waals surface area contributed by atoms with Crippen molar-refractivity contribution in [3.05, 3.63) is 70.9 Å². The molecule has 10 nitrogen and oxygen atoms in total. The third-order valence-corrected chi connectivity index (χ3v) is 9.27. The molecule has 0 spiro atoms. The number of fused-ring (bicyclic) bond motifs is 2. The highest BCUT2D eigenvalue weighted by Crippen LogP contribution is 2.37. The van der Waals surface area contributed by atoms with Gasteiger partial charge in [0, 0.05) is 30.6 Å². The molecular weight excluding hydrogens is 580 g/mol. The van der Waals surface area contributed by atoms with E-state index in [1.165, 1.54) is 0 Å². The molecule has 1 aliphatic carbocycles.